The Bertz CT molecular complexity index is 862. The van der Waals surface area contributed by atoms with E-state index in [0.717, 1.165) is 11.1 Å². The first kappa shape index (κ1) is 16.6. The van der Waals surface area contributed by atoms with Crippen LogP contribution in [-0.2, 0) is 11.2 Å². The normalized spacial score (nSPS) is 10.5. The highest BCUT2D eigenvalue weighted by Gasteiger charge is 2.12. The second kappa shape index (κ2) is 7.57. The van der Waals surface area contributed by atoms with Gasteiger partial charge in [0.15, 0.2) is 0 Å². The van der Waals surface area contributed by atoms with Crippen LogP contribution in [0.3, 0.4) is 0 Å². The smallest absolute Gasteiger partial charge is 0.227 e. The molecule has 0 atom stereocenters. The van der Waals surface area contributed by atoms with Crippen LogP contribution in [-0.4, -0.2) is 28.1 Å². The number of nitrogens with one attached hydrogen (secondary N) is 1. The van der Waals surface area contributed by atoms with Gasteiger partial charge < -0.3 is 14.6 Å². The summed E-state index contributed by atoms with van der Waals surface area (Å²) in [6, 6.07) is 9.26. The summed E-state index contributed by atoms with van der Waals surface area (Å²) in [7, 11) is 1.57. The average molecular weight is 338 g/mol. The standard InChI is InChI=1S/C18H18N4O3/c1-12-5-6-15(24-2)14(10-12)20-16(23)7-8-17-21-18(22-25-17)13-4-3-9-19-11-13/h3-6,9-11H,7-8H2,1-2H3,(H,20,23). The zero-order chi connectivity index (χ0) is 17.6. The van der Waals surface area contributed by atoms with Crippen LogP contribution in [0.5, 0.6) is 5.75 Å². The van der Waals surface area contributed by atoms with E-state index < -0.39 is 0 Å². The van der Waals surface area contributed by atoms with E-state index in [1.54, 1.807) is 25.6 Å². The average Bonchev–Trinajstić information content (AvgIpc) is 3.10. The Morgan fingerprint density at radius 3 is 2.96 bits per heavy atom. The third kappa shape index (κ3) is 4.20. The quantitative estimate of drug-likeness (QED) is 0.743. The zero-order valence-electron chi connectivity index (χ0n) is 14.0. The minimum Gasteiger partial charge on any atom is -0.495 e. The number of rotatable bonds is 6. The highest BCUT2D eigenvalue weighted by atomic mass is 16.5. The van der Waals surface area contributed by atoms with Crippen molar-refractivity contribution in [1.82, 2.24) is 15.1 Å². The highest BCUT2D eigenvalue weighted by molar-refractivity contribution is 5.92. The van der Waals surface area contributed by atoms with Crippen molar-refractivity contribution in [2.24, 2.45) is 0 Å². The Morgan fingerprint density at radius 2 is 2.20 bits per heavy atom. The summed E-state index contributed by atoms with van der Waals surface area (Å²) in [5, 5.41) is 6.76. The van der Waals surface area contributed by atoms with E-state index in [4.69, 9.17) is 9.26 Å². The van der Waals surface area contributed by atoms with Crippen LogP contribution in [0.4, 0.5) is 5.69 Å². The summed E-state index contributed by atoms with van der Waals surface area (Å²) in [5.41, 5.74) is 2.45. The van der Waals surface area contributed by atoms with Gasteiger partial charge >= 0.3 is 0 Å². The van der Waals surface area contributed by atoms with Crippen LogP contribution in [0.1, 0.15) is 17.9 Å². The Balaban J connectivity index is 1.60. The van der Waals surface area contributed by atoms with Crippen molar-refractivity contribution < 1.29 is 14.1 Å². The first-order valence-electron chi connectivity index (χ1n) is 7.83. The lowest BCUT2D eigenvalue weighted by molar-refractivity contribution is -0.116. The number of aryl methyl sites for hydroxylation is 2. The van der Waals surface area contributed by atoms with E-state index >= 15 is 0 Å². The van der Waals surface area contributed by atoms with Gasteiger partial charge in [-0.05, 0) is 36.8 Å². The van der Waals surface area contributed by atoms with Crippen molar-refractivity contribution in [2.75, 3.05) is 12.4 Å². The second-order valence-corrected chi connectivity index (χ2v) is 5.51. The Hall–Kier alpha value is -3.22. The van der Waals surface area contributed by atoms with E-state index in [0.29, 0.717) is 29.6 Å². The molecule has 128 valence electrons. The molecule has 3 aromatic rings. The fourth-order valence-electron chi connectivity index (χ4n) is 2.32. The number of methoxy groups -OCH3 is 1. The predicted octanol–water partition coefficient (Wildman–Crippen LogP) is 3.02. The van der Waals surface area contributed by atoms with Gasteiger partial charge in [-0.1, -0.05) is 11.2 Å². The molecule has 0 aliphatic heterocycles. The number of carbonyl (C=O) groups is 1. The van der Waals surface area contributed by atoms with Gasteiger partial charge in [-0.3, -0.25) is 9.78 Å². The summed E-state index contributed by atoms with van der Waals surface area (Å²) in [5.74, 6) is 1.34. The summed E-state index contributed by atoms with van der Waals surface area (Å²) in [6.45, 7) is 1.95. The molecule has 0 saturated carbocycles. The molecule has 3 rings (SSSR count). The van der Waals surface area contributed by atoms with Crippen LogP contribution < -0.4 is 10.1 Å². The fraction of sp³-hybridized carbons (Fsp3) is 0.222. The molecular weight excluding hydrogens is 320 g/mol. The van der Waals surface area contributed by atoms with Crippen molar-refractivity contribution in [3.05, 3.63) is 54.2 Å². The minimum atomic E-state index is -0.148. The topological polar surface area (TPSA) is 90.1 Å². The van der Waals surface area contributed by atoms with Gasteiger partial charge in [-0.15, -0.1) is 0 Å². The predicted molar refractivity (Wildman–Crippen MR) is 92.2 cm³/mol. The lowest BCUT2D eigenvalue weighted by Gasteiger charge is -2.10. The third-order valence-electron chi connectivity index (χ3n) is 3.58. The summed E-state index contributed by atoms with van der Waals surface area (Å²) >= 11 is 0. The van der Waals surface area contributed by atoms with Gasteiger partial charge in [0.1, 0.15) is 5.75 Å². The zero-order valence-corrected chi connectivity index (χ0v) is 14.0. The number of hydrogen-bond donors (Lipinski definition) is 1. The maximum atomic E-state index is 12.2. The highest BCUT2D eigenvalue weighted by Crippen LogP contribution is 2.25. The Morgan fingerprint density at radius 1 is 1.32 bits per heavy atom. The molecule has 2 aromatic heterocycles. The molecule has 1 aromatic carbocycles. The molecule has 1 N–H and O–H groups in total. The van der Waals surface area contributed by atoms with E-state index in [9.17, 15) is 4.79 Å². The number of nitrogens with zero attached hydrogens (tertiary/aromatic N) is 3. The number of pyridine rings is 1. The van der Waals surface area contributed by atoms with Crippen molar-refractivity contribution in [2.45, 2.75) is 19.8 Å². The molecule has 0 aliphatic carbocycles. The van der Waals surface area contributed by atoms with Gasteiger partial charge in [0, 0.05) is 30.8 Å². The van der Waals surface area contributed by atoms with Crippen LogP contribution >= 0.6 is 0 Å². The Kier molecular flexibility index (Phi) is 5.03. The lowest BCUT2D eigenvalue weighted by atomic mass is 10.2. The number of anilines is 1. The lowest BCUT2D eigenvalue weighted by Crippen LogP contribution is -2.13. The SMILES string of the molecule is COc1ccc(C)cc1NC(=O)CCc1nc(-c2cccnc2)no1. The monoisotopic (exact) mass is 338 g/mol. The summed E-state index contributed by atoms with van der Waals surface area (Å²) < 4.78 is 10.4. The number of aromatic nitrogens is 3. The molecule has 25 heavy (non-hydrogen) atoms. The summed E-state index contributed by atoms with van der Waals surface area (Å²) in [6.07, 6.45) is 3.92. The largest absolute Gasteiger partial charge is 0.495 e. The van der Waals surface area contributed by atoms with Gasteiger partial charge in [0.05, 0.1) is 12.8 Å². The molecule has 1 amide bonds. The number of carbonyl (C=O) groups excluding carboxylic acids is 1. The molecular formula is C18H18N4O3. The first-order valence-corrected chi connectivity index (χ1v) is 7.83. The summed E-state index contributed by atoms with van der Waals surface area (Å²) in [4.78, 5) is 20.5. The van der Waals surface area contributed by atoms with Gasteiger partial charge in [0.25, 0.3) is 0 Å². The number of ether oxygens (including phenoxy) is 1. The molecule has 0 spiro atoms. The van der Waals surface area contributed by atoms with E-state index in [2.05, 4.69) is 20.4 Å². The van der Waals surface area contributed by atoms with Crippen molar-refractivity contribution >= 4 is 11.6 Å². The van der Waals surface area contributed by atoms with Crippen LogP contribution in [0, 0.1) is 6.92 Å². The molecule has 7 nitrogen and oxygen atoms in total. The van der Waals surface area contributed by atoms with Crippen molar-refractivity contribution in [3.63, 3.8) is 0 Å². The van der Waals surface area contributed by atoms with E-state index in [1.165, 1.54) is 0 Å². The molecule has 0 fully saturated rings. The van der Waals surface area contributed by atoms with Crippen molar-refractivity contribution in [3.8, 4) is 17.1 Å². The number of benzene rings is 1. The van der Waals surface area contributed by atoms with Gasteiger partial charge in [0.2, 0.25) is 17.6 Å². The molecule has 0 bridgehead atoms. The maximum Gasteiger partial charge on any atom is 0.227 e. The number of hydrogen-bond acceptors (Lipinski definition) is 6. The molecule has 7 heteroatoms. The van der Waals surface area contributed by atoms with Crippen LogP contribution in [0.25, 0.3) is 11.4 Å². The fourth-order valence-corrected chi connectivity index (χ4v) is 2.32. The molecule has 0 unspecified atom stereocenters. The van der Waals surface area contributed by atoms with Crippen molar-refractivity contribution in [1.29, 1.82) is 0 Å². The number of amides is 1. The van der Waals surface area contributed by atoms with E-state index in [-0.39, 0.29) is 12.3 Å². The second-order valence-electron chi connectivity index (χ2n) is 5.51. The molecule has 2 heterocycles. The van der Waals surface area contributed by atoms with E-state index in [1.807, 2.05) is 31.2 Å². The molecule has 0 aliphatic rings. The van der Waals surface area contributed by atoms with Crippen LogP contribution in [0.2, 0.25) is 0 Å². The van der Waals surface area contributed by atoms with Gasteiger partial charge in [-0.2, -0.15) is 4.98 Å². The maximum absolute atomic E-state index is 12.2. The Labute approximate surface area is 145 Å². The third-order valence-corrected chi connectivity index (χ3v) is 3.58. The first-order chi connectivity index (χ1) is 12.2. The molecule has 0 saturated heterocycles. The molecule has 0 radical (unpaired) electrons. The van der Waals surface area contributed by atoms with Crippen LogP contribution in [0.15, 0.2) is 47.2 Å². The minimum absolute atomic E-state index is 0.148. The van der Waals surface area contributed by atoms with Gasteiger partial charge in [-0.25, -0.2) is 0 Å².